The van der Waals surface area contributed by atoms with Crippen molar-refractivity contribution < 1.29 is 4.79 Å². The Morgan fingerprint density at radius 3 is 2.56 bits per heavy atom. The van der Waals surface area contributed by atoms with Gasteiger partial charge < -0.3 is 4.90 Å². The SMILES string of the molecule is C[C@H](c1ccccc1)N(C)C(=O)c1cnn(C)c1. The van der Waals surface area contributed by atoms with E-state index >= 15 is 0 Å². The molecule has 1 heterocycles. The van der Waals surface area contributed by atoms with Crippen LogP contribution in [0.4, 0.5) is 0 Å². The molecule has 4 nitrogen and oxygen atoms in total. The number of carbonyl (C=O) groups excluding carboxylic acids is 1. The summed E-state index contributed by atoms with van der Waals surface area (Å²) in [6, 6.07) is 10.0. The number of carbonyl (C=O) groups is 1. The maximum Gasteiger partial charge on any atom is 0.257 e. The van der Waals surface area contributed by atoms with Crippen LogP contribution in [-0.4, -0.2) is 27.6 Å². The number of aromatic nitrogens is 2. The van der Waals surface area contributed by atoms with Crippen LogP contribution in [0.2, 0.25) is 0 Å². The van der Waals surface area contributed by atoms with E-state index in [1.54, 1.807) is 29.0 Å². The fourth-order valence-corrected chi connectivity index (χ4v) is 1.87. The fourth-order valence-electron chi connectivity index (χ4n) is 1.87. The monoisotopic (exact) mass is 243 g/mol. The maximum atomic E-state index is 12.2. The second-order valence-corrected chi connectivity index (χ2v) is 4.41. The summed E-state index contributed by atoms with van der Waals surface area (Å²) in [6.07, 6.45) is 3.33. The van der Waals surface area contributed by atoms with E-state index in [9.17, 15) is 4.79 Å². The Hall–Kier alpha value is -2.10. The maximum absolute atomic E-state index is 12.2. The number of amides is 1. The van der Waals surface area contributed by atoms with Crippen molar-refractivity contribution in [3.8, 4) is 0 Å². The van der Waals surface area contributed by atoms with E-state index in [1.165, 1.54) is 0 Å². The molecule has 2 rings (SSSR count). The van der Waals surface area contributed by atoms with E-state index in [4.69, 9.17) is 0 Å². The minimum Gasteiger partial charge on any atom is -0.335 e. The Morgan fingerprint density at radius 1 is 1.33 bits per heavy atom. The molecule has 0 unspecified atom stereocenters. The second kappa shape index (κ2) is 5.04. The van der Waals surface area contributed by atoms with Gasteiger partial charge in [-0.1, -0.05) is 30.3 Å². The average Bonchev–Trinajstić information content (AvgIpc) is 2.84. The molecule has 1 amide bonds. The van der Waals surface area contributed by atoms with Gasteiger partial charge in [0.15, 0.2) is 0 Å². The summed E-state index contributed by atoms with van der Waals surface area (Å²) in [4.78, 5) is 14.0. The van der Waals surface area contributed by atoms with Crippen LogP contribution in [0.1, 0.15) is 28.9 Å². The first-order valence-corrected chi connectivity index (χ1v) is 5.90. The molecule has 1 atom stereocenters. The fraction of sp³-hybridized carbons (Fsp3) is 0.286. The predicted octanol–water partition coefficient (Wildman–Crippen LogP) is 2.25. The normalized spacial score (nSPS) is 12.2. The molecule has 0 saturated carbocycles. The van der Waals surface area contributed by atoms with Gasteiger partial charge in [0.05, 0.1) is 17.8 Å². The van der Waals surface area contributed by atoms with E-state index < -0.39 is 0 Å². The third kappa shape index (κ3) is 2.42. The molecular formula is C14H17N3O. The molecule has 2 aromatic rings. The van der Waals surface area contributed by atoms with Crippen molar-refractivity contribution in [1.82, 2.24) is 14.7 Å². The van der Waals surface area contributed by atoms with Crippen molar-refractivity contribution in [1.29, 1.82) is 0 Å². The summed E-state index contributed by atoms with van der Waals surface area (Å²) < 4.78 is 1.63. The Kier molecular flexibility index (Phi) is 3.46. The Balaban J connectivity index is 2.16. The molecule has 0 spiro atoms. The van der Waals surface area contributed by atoms with Gasteiger partial charge in [0.25, 0.3) is 5.91 Å². The lowest BCUT2D eigenvalue weighted by atomic mass is 10.1. The predicted molar refractivity (Wildman–Crippen MR) is 70.2 cm³/mol. The number of hydrogen-bond donors (Lipinski definition) is 0. The van der Waals surface area contributed by atoms with Gasteiger partial charge in [0, 0.05) is 20.3 Å². The molecular weight excluding hydrogens is 226 g/mol. The number of benzene rings is 1. The van der Waals surface area contributed by atoms with Gasteiger partial charge in [-0.3, -0.25) is 9.48 Å². The molecule has 0 aliphatic heterocycles. The van der Waals surface area contributed by atoms with Crippen LogP contribution in [0.5, 0.6) is 0 Å². The lowest BCUT2D eigenvalue weighted by Crippen LogP contribution is -2.29. The Morgan fingerprint density at radius 2 is 2.00 bits per heavy atom. The highest BCUT2D eigenvalue weighted by atomic mass is 16.2. The first kappa shape index (κ1) is 12.4. The molecule has 0 saturated heterocycles. The first-order chi connectivity index (χ1) is 8.59. The highest BCUT2D eigenvalue weighted by Gasteiger charge is 2.19. The van der Waals surface area contributed by atoms with Gasteiger partial charge in [-0.05, 0) is 12.5 Å². The lowest BCUT2D eigenvalue weighted by molar-refractivity contribution is 0.0742. The largest absolute Gasteiger partial charge is 0.335 e. The topological polar surface area (TPSA) is 38.1 Å². The van der Waals surface area contributed by atoms with Crippen molar-refractivity contribution in [2.24, 2.45) is 7.05 Å². The highest BCUT2D eigenvalue weighted by molar-refractivity contribution is 5.93. The molecule has 94 valence electrons. The van der Waals surface area contributed by atoms with Crippen molar-refractivity contribution >= 4 is 5.91 Å². The van der Waals surface area contributed by atoms with E-state index in [0.717, 1.165) is 5.56 Å². The summed E-state index contributed by atoms with van der Waals surface area (Å²) in [5.74, 6) is -0.0144. The number of hydrogen-bond acceptors (Lipinski definition) is 2. The van der Waals surface area contributed by atoms with Crippen molar-refractivity contribution in [3.63, 3.8) is 0 Å². The number of aryl methyl sites for hydroxylation is 1. The van der Waals surface area contributed by atoms with Gasteiger partial charge in [-0.25, -0.2) is 0 Å². The quantitative estimate of drug-likeness (QED) is 0.829. The van der Waals surface area contributed by atoms with Crippen LogP contribution in [0.3, 0.4) is 0 Å². The van der Waals surface area contributed by atoms with Crippen molar-refractivity contribution in [3.05, 3.63) is 53.9 Å². The van der Waals surface area contributed by atoms with E-state index in [-0.39, 0.29) is 11.9 Å². The zero-order valence-corrected chi connectivity index (χ0v) is 10.9. The molecule has 0 aliphatic carbocycles. The Bertz CT molecular complexity index is 533. The van der Waals surface area contributed by atoms with Gasteiger partial charge in [0.1, 0.15) is 0 Å². The summed E-state index contributed by atoms with van der Waals surface area (Å²) >= 11 is 0. The molecule has 4 heteroatoms. The zero-order valence-electron chi connectivity index (χ0n) is 10.9. The van der Waals surface area contributed by atoms with Crippen LogP contribution in [0.15, 0.2) is 42.7 Å². The van der Waals surface area contributed by atoms with Gasteiger partial charge in [-0.2, -0.15) is 5.10 Å². The second-order valence-electron chi connectivity index (χ2n) is 4.41. The van der Waals surface area contributed by atoms with E-state index in [2.05, 4.69) is 5.10 Å². The minimum absolute atomic E-state index is 0.0144. The third-order valence-corrected chi connectivity index (χ3v) is 3.14. The number of rotatable bonds is 3. The molecule has 0 aliphatic rings. The van der Waals surface area contributed by atoms with Crippen LogP contribution in [0, 0.1) is 0 Å². The molecule has 0 bridgehead atoms. The number of nitrogens with zero attached hydrogens (tertiary/aromatic N) is 3. The minimum atomic E-state index is -0.0144. The first-order valence-electron chi connectivity index (χ1n) is 5.90. The third-order valence-electron chi connectivity index (χ3n) is 3.14. The molecule has 0 N–H and O–H groups in total. The summed E-state index contributed by atoms with van der Waals surface area (Å²) in [6.45, 7) is 2.02. The standard InChI is InChI=1S/C14H17N3O/c1-11(12-7-5-4-6-8-12)17(3)14(18)13-9-15-16(2)10-13/h4-11H,1-3H3/t11-/m1/s1. The van der Waals surface area contributed by atoms with Crippen LogP contribution in [-0.2, 0) is 7.05 Å². The van der Waals surface area contributed by atoms with E-state index in [0.29, 0.717) is 5.56 Å². The summed E-state index contributed by atoms with van der Waals surface area (Å²) in [7, 11) is 3.62. The van der Waals surface area contributed by atoms with Crippen LogP contribution >= 0.6 is 0 Å². The molecule has 0 fully saturated rings. The van der Waals surface area contributed by atoms with Gasteiger partial charge in [0.2, 0.25) is 0 Å². The van der Waals surface area contributed by atoms with Gasteiger partial charge in [-0.15, -0.1) is 0 Å². The summed E-state index contributed by atoms with van der Waals surface area (Å²) in [5.41, 5.74) is 1.74. The molecule has 1 aromatic carbocycles. The van der Waals surface area contributed by atoms with Crippen LogP contribution < -0.4 is 0 Å². The van der Waals surface area contributed by atoms with Gasteiger partial charge >= 0.3 is 0 Å². The highest BCUT2D eigenvalue weighted by Crippen LogP contribution is 2.19. The average molecular weight is 243 g/mol. The molecule has 18 heavy (non-hydrogen) atoms. The van der Waals surface area contributed by atoms with E-state index in [1.807, 2.05) is 44.3 Å². The van der Waals surface area contributed by atoms with Crippen molar-refractivity contribution in [2.75, 3.05) is 7.05 Å². The van der Waals surface area contributed by atoms with Crippen molar-refractivity contribution in [2.45, 2.75) is 13.0 Å². The van der Waals surface area contributed by atoms with Crippen LogP contribution in [0.25, 0.3) is 0 Å². The molecule has 0 radical (unpaired) electrons. The Labute approximate surface area is 107 Å². The lowest BCUT2D eigenvalue weighted by Gasteiger charge is -2.24. The zero-order chi connectivity index (χ0) is 13.1. The summed E-state index contributed by atoms with van der Waals surface area (Å²) in [5, 5.41) is 4.02. The smallest absolute Gasteiger partial charge is 0.257 e. The molecule has 1 aromatic heterocycles.